The highest BCUT2D eigenvalue weighted by molar-refractivity contribution is 5.42. The molecule has 0 bridgehead atoms. The van der Waals surface area contributed by atoms with Crippen LogP contribution >= 0.6 is 0 Å². The Balaban J connectivity index is 1.67. The third kappa shape index (κ3) is 3.84. The molecule has 0 spiro atoms. The Morgan fingerprint density at radius 3 is 2.71 bits per heavy atom. The van der Waals surface area contributed by atoms with E-state index in [1.165, 1.54) is 6.07 Å². The van der Waals surface area contributed by atoms with Gasteiger partial charge in [0.15, 0.2) is 0 Å². The molecule has 3 rings (SSSR count). The van der Waals surface area contributed by atoms with E-state index in [4.69, 9.17) is 5.73 Å². The first-order valence-electron chi connectivity index (χ1n) is 7.55. The Labute approximate surface area is 136 Å². The normalized spacial score (nSPS) is 18.5. The van der Waals surface area contributed by atoms with E-state index in [2.05, 4.69) is 20.3 Å². The predicted molar refractivity (Wildman–Crippen MR) is 84.5 cm³/mol. The van der Waals surface area contributed by atoms with Gasteiger partial charge in [-0.1, -0.05) is 0 Å². The van der Waals surface area contributed by atoms with Crippen molar-refractivity contribution in [2.75, 3.05) is 29.0 Å². The molecular weight excluding hydrogens is 321 g/mol. The van der Waals surface area contributed by atoms with E-state index >= 15 is 0 Å². The maximum absolute atomic E-state index is 12.6. The number of aromatic nitrogens is 3. The zero-order valence-corrected chi connectivity index (χ0v) is 12.8. The van der Waals surface area contributed by atoms with Crippen LogP contribution in [0.4, 0.5) is 30.8 Å². The van der Waals surface area contributed by atoms with Crippen LogP contribution in [0.1, 0.15) is 18.4 Å². The van der Waals surface area contributed by atoms with Crippen molar-refractivity contribution in [3.05, 3.63) is 36.2 Å². The van der Waals surface area contributed by atoms with Gasteiger partial charge in [0.05, 0.1) is 5.56 Å². The fraction of sp³-hybridized carbons (Fsp3) is 0.400. The molecule has 6 nitrogen and oxygen atoms in total. The van der Waals surface area contributed by atoms with Gasteiger partial charge in [-0.3, -0.25) is 0 Å². The van der Waals surface area contributed by atoms with Crippen molar-refractivity contribution in [1.82, 2.24) is 15.0 Å². The van der Waals surface area contributed by atoms with Gasteiger partial charge < -0.3 is 16.0 Å². The molecule has 0 saturated carbocycles. The van der Waals surface area contributed by atoms with Crippen molar-refractivity contribution >= 4 is 17.6 Å². The van der Waals surface area contributed by atoms with Gasteiger partial charge in [0, 0.05) is 31.5 Å². The number of rotatable bonds is 3. The molecule has 1 aliphatic heterocycles. The quantitative estimate of drug-likeness (QED) is 0.895. The van der Waals surface area contributed by atoms with E-state index in [1.807, 2.05) is 4.90 Å². The lowest BCUT2D eigenvalue weighted by Crippen LogP contribution is -2.42. The molecule has 0 aromatic carbocycles. The summed E-state index contributed by atoms with van der Waals surface area (Å²) in [7, 11) is 0. The van der Waals surface area contributed by atoms with Crippen LogP contribution in [0, 0.1) is 0 Å². The number of alkyl halides is 3. The SMILES string of the molecule is Nc1ccnc(N[C@@H]2CCCN(c3ccc(C(F)(F)F)cn3)C2)n1. The van der Waals surface area contributed by atoms with Gasteiger partial charge in [-0.05, 0) is 31.0 Å². The van der Waals surface area contributed by atoms with Crippen molar-refractivity contribution in [2.45, 2.75) is 25.1 Å². The van der Waals surface area contributed by atoms with Crippen molar-refractivity contribution in [3.63, 3.8) is 0 Å². The van der Waals surface area contributed by atoms with Gasteiger partial charge in [0.1, 0.15) is 11.6 Å². The molecule has 3 heterocycles. The molecule has 2 aromatic heterocycles. The topological polar surface area (TPSA) is 80.0 Å². The Bertz CT molecular complexity index is 688. The van der Waals surface area contributed by atoms with Crippen molar-refractivity contribution in [1.29, 1.82) is 0 Å². The summed E-state index contributed by atoms with van der Waals surface area (Å²) < 4.78 is 37.8. The summed E-state index contributed by atoms with van der Waals surface area (Å²) in [5.74, 6) is 1.36. The van der Waals surface area contributed by atoms with Crippen LogP contribution in [0.3, 0.4) is 0 Å². The summed E-state index contributed by atoms with van der Waals surface area (Å²) in [5.41, 5.74) is 4.88. The standard InChI is InChI=1S/C15H17F3N6/c16-15(17,18)10-3-4-13(21-8-10)24-7-1-2-11(9-24)22-14-20-6-5-12(19)23-14/h3-6,8,11H,1-2,7,9H2,(H3,19,20,22,23)/t11-/m1/s1. The summed E-state index contributed by atoms with van der Waals surface area (Å²) in [6.45, 7) is 1.35. The number of pyridine rings is 1. The molecule has 2 aromatic rings. The van der Waals surface area contributed by atoms with Crippen LogP contribution < -0.4 is 16.0 Å². The molecule has 24 heavy (non-hydrogen) atoms. The summed E-state index contributed by atoms with van der Waals surface area (Å²) in [6, 6.07) is 4.14. The Hall–Kier alpha value is -2.58. The molecule has 9 heteroatoms. The molecule has 1 saturated heterocycles. The largest absolute Gasteiger partial charge is 0.417 e. The van der Waals surface area contributed by atoms with Crippen molar-refractivity contribution in [2.24, 2.45) is 0 Å². The number of halogens is 3. The lowest BCUT2D eigenvalue weighted by Gasteiger charge is -2.34. The van der Waals surface area contributed by atoms with Crippen LogP contribution in [0.15, 0.2) is 30.6 Å². The summed E-state index contributed by atoms with van der Waals surface area (Å²) in [6.07, 6.45) is -0.129. The predicted octanol–water partition coefficient (Wildman–Crippen LogP) is 2.55. The highest BCUT2D eigenvalue weighted by Gasteiger charge is 2.31. The van der Waals surface area contributed by atoms with Crippen molar-refractivity contribution in [3.8, 4) is 0 Å². The number of nitrogen functional groups attached to an aromatic ring is 1. The first kappa shape index (κ1) is 16.3. The summed E-state index contributed by atoms with van der Waals surface area (Å²) in [5, 5.41) is 3.21. The van der Waals surface area contributed by atoms with E-state index in [0.717, 1.165) is 31.6 Å². The Kier molecular flexibility index (Phi) is 4.41. The molecule has 3 N–H and O–H groups in total. The zero-order valence-electron chi connectivity index (χ0n) is 12.8. The van der Waals surface area contributed by atoms with E-state index in [1.54, 1.807) is 12.3 Å². The van der Waals surface area contributed by atoms with Gasteiger partial charge in [-0.15, -0.1) is 0 Å². The second-order valence-corrected chi connectivity index (χ2v) is 5.64. The van der Waals surface area contributed by atoms with Crippen LogP contribution in [-0.2, 0) is 6.18 Å². The minimum absolute atomic E-state index is 0.0737. The van der Waals surface area contributed by atoms with Crippen LogP contribution in [-0.4, -0.2) is 34.1 Å². The average Bonchev–Trinajstić information content (AvgIpc) is 2.54. The molecule has 1 atom stereocenters. The van der Waals surface area contributed by atoms with Crippen LogP contribution in [0.25, 0.3) is 0 Å². The third-order valence-electron chi connectivity index (χ3n) is 3.83. The smallest absolute Gasteiger partial charge is 0.384 e. The minimum Gasteiger partial charge on any atom is -0.384 e. The number of nitrogens with two attached hydrogens (primary N) is 1. The Morgan fingerprint density at radius 1 is 1.21 bits per heavy atom. The Morgan fingerprint density at radius 2 is 2.04 bits per heavy atom. The van der Waals surface area contributed by atoms with Gasteiger partial charge >= 0.3 is 6.18 Å². The molecular formula is C15H17F3N6. The second-order valence-electron chi connectivity index (χ2n) is 5.64. The van der Waals surface area contributed by atoms with Crippen molar-refractivity contribution < 1.29 is 13.2 Å². The maximum atomic E-state index is 12.6. The number of nitrogens with zero attached hydrogens (tertiary/aromatic N) is 4. The number of anilines is 3. The van der Waals surface area contributed by atoms with Gasteiger partial charge in [0.2, 0.25) is 5.95 Å². The zero-order chi connectivity index (χ0) is 17.2. The second kappa shape index (κ2) is 6.50. The molecule has 0 radical (unpaired) electrons. The van der Waals surface area contributed by atoms with Crippen LogP contribution in [0.5, 0.6) is 0 Å². The van der Waals surface area contributed by atoms with Crippen LogP contribution in [0.2, 0.25) is 0 Å². The highest BCUT2D eigenvalue weighted by Crippen LogP contribution is 2.29. The first-order chi connectivity index (χ1) is 11.4. The van der Waals surface area contributed by atoms with Gasteiger partial charge in [-0.25, -0.2) is 9.97 Å². The highest BCUT2D eigenvalue weighted by atomic mass is 19.4. The number of piperidine rings is 1. The number of hydrogen-bond acceptors (Lipinski definition) is 6. The van der Waals surface area contributed by atoms with Gasteiger partial charge in [0.25, 0.3) is 0 Å². The average molecular weight is 338 g/mol. The third-order valence-corrected chi connectivity index (χ3v) is 3.83. The molecule has 0 unspecified atom stereocenters. The number of nitrogens with one attached hydrogen (secondary N) is 1. The molecule has 1 fully saturated rings. The fourth-order valence-corrected chi connectivity index (χ4v) is 2.67. The summed E-state index contributed by atoms with van der Waals surface area (Å²) >= 11 is 0. The molecule has 1 aliphatic rings. The molecule has 0 amide bonds. The fourth-order valence-electron chi connectivity index (χ4n) is 2.67. The van der Waals surface area contributed by atoms with E-state index < -0.39 is 11.7 Å². The first-order valence-corrected chi connectivity index (χ1v) is 7.55. The lowest BCUT2D eigenvalue weighted by molar-refractivity contribution is -0.137. The van der Waals surface area contributed by atoms with Gasteiger partial charge in [-0.2, -0.15) is 18.2 Å². The maximum Gasteiger partial charge on any atom is 0.417 e. The molecule has 128 valence electrons. The monoisotopic (exact) mass is 338 g/mol. The van der Waals surface area contributed by atoms with E-state index in [0.29, 0.717) is 24.1 Å². The minimum atomic E-state index is -4.37. The number of hydrogen-bond donors (Lipinski definition) is 2. The van der Waals surface area contributed by atoms with E-state index in [9.17, 15) is 13.2 Å². The summed E-state index contributed by atoms with van der Waals surface area (Å²) in [4.78, 5) is 14.1. The molecule has 0 aliphatic carbocycles. The lowest BCUT2D eigenvalue weighted by atomic mass is 10.1. The van der Waals surface area contributed by atoms with E-state index in [-0.39, 0.29) is 6.04 Å².